The van der Waals surface area contributed by atoms with Gasteiger partial charge in [-0.15, -0.1) is 0 Å². The standard InChI is InChI=1S/C20H23N3O4/c1-26-20(25)17-12-16(23-8-10-27-11-9-23)6-7-18(17)22-19(24)15-4-2-14(13-21)3-5-15/h2-7,12H,8-11,13,21H2,1H3,(H,22,24). The number of nitrogens with zero attached hydrogens (tertiary/aromatic N) is 1. The monoisotopic (exact) mass is 369 g/mol. The number of amides is 1. The third-order valence-electron chi connectivity index (χ3n) is 4.48. The fourth-order valence-corrected chi connectivity index (χ4v) is 2.93. The van der Waals surface area contributed by atoms with Crippen molar-refractivity contribution in [1.29, 1.82) is 0 Å². The van der Waals surface area contributed by atoms with Crippen molar-refractivity contribution in [2.45, 2.75) is 6.54 Å². The highest BCUT2D eigenvalue weighted by molar-refractivity contribution is 6.08. The predicted molar refractivity (Wildman–Crippen MR) is 103 cm³/mol. The zero-order valence-corrected chi connectivity index (χ0v) is 15.2. The minimum Gasteiger partial charge on any atom is -0.465 e. The lowest BCUT2D eigenvalue weighted by Gasteiger charge is -2.29. The summed E-state index contributed by atoms with van der Waals surface area (Å²) in [5, 5.41) is 2.80. The molecule has 7 nitrogen and oxygen atoms in total. The van der Waals surface area contributed by atoms with Crippen molar-refractivity contribution in [3.63, 3.8) is 0 Å². The Morgan fingerprint density at radius 3 is 2.48 bits per heavy atom. The molecule has 7 heteroatoms. The van der Waals surface area contributed by atoms with E-state index in [1.54, 1.807) is 36.4 Å². The molecular formula is C20H23N3O4. The molecular weight excluding hydrogens is 346 g/mol. The summed E-state index contributed by atoms with van der Waals surface area (Å²) in [6.07, 6.45) is 0. The molecule has 0 spiro atoms. The highest BCUT2D eigenvalue weighted by Crippen LogP contribution is 2.25. The molecule has 1 amide bonds. The summed E-state index contributed by atoms with van der Waals surface area (Å²) in [7, 11) is 1.32. The number of carbonyl (C=O) groups is 2. The van der Waals surface area contributed by atoms with Gasteiger partial charge in [-0.25, -0.2) is 4.79 Å². The van der Waals surface area contributed by atoms with Crippen LogP contribution >= 0.6 is 0 Å². The summed E-state index contributed by atoms with van der Waals surface area (Å²) in [5.74, 6) is -0.804. The van der Waals surface area contributed by atoms with Gasteiger partial charge >= 0.3 is 5.97 Å². The van der Waals surface area contributed by atoms with Crippen molar-refractivity contribution in [2.24, 2.45) is 5.73 Å². The Morgan fingerprint density at radius 1 is 1.15 bits per heavy atom. The second-order valence-corrected chi connectivity index (χ2v) is 6.18. The third kappa shape index (κ3) is 4.45. The molecule has 0 aliphatic carbocycles. The zero-order chi connectivity index (χ0) is 19.2. The Labute approximate surface area is 158 Å². The molecule has 2 aromatic rings. The molecule has 142 valence electrons. The second kappa shape index (κ2) is 8.66. The van der Waals surface area contributed by atoms with Gasteiger partial charge in [0.1, 0.15) is 0 Å². The quantitative estimate of drug-likeness (QED) is 0.783. The molecule has 1 aliphatic rings. The number of hydrogen-bond acceptors (Lipinski definition) is 6. The van der Waals surface area contributed by atoms with Crippen molar-refractivity contribution in [2.75, 3.05) is 43.6 Å². The molecule has 2 aromatic carbocycles. The first kappa shape index (κ1) is 18.9. The van der Waals surface area contributed by atoms with Crippen LogP contribution in [0.1, 0.15) is 26.3 Å². The SMILES string of the molecule is COC(=O)c1cc(N2CCOCC2)ccc1NC(=O)c1ccc(CN)cc1. The molecule has 0 unspecified atom stereocenters. The van der Waals surface area contributed by atoms with Gasteiger partial charge in [0, 0.05) is 30.9 Å². The molecule has 27 heavy (non-hydrogen) atoms. The van der Waals surface area contributed by atoms with E-state index in [1.807, 2.05) is 6.07 Å². The van der Waals surface area contributed by atoms with Crippen molar-refractivity contribution in [3.05, 3.63) is 59.2 Å². The van der Waals surface area contributed by atoms with Crippen molar-refractivity contribution in [3.8, 4) is 0 Å². The van der Waals surface area contributed by atoms with Crippen LogP contribution in [0.3, 0.4) is 0 Å². The number of carbonyl (C=O) groups excluding carboxylic acids is 2. The van der Waals surface area contributed by atoms with E-state index in [-0.39, 0.29) is 5.91 Å². The van der Waals surface area contributed by atoms with Crippen LogP contribution in [0.15, 0.2) is 42.5 Å². The van der Waals surface area contributed by atoms with Crippen LogP contribution in [-0.2, 0) is 16.0 Å². The minimum absolute atomic E-state index is 0.303. The third-order valence-corrected chi connectivity index (χ3v) is 4.48. The largest absolute Gasteiger partial charge is 0.465 e. The molecule has 1 saturated heterocycles. The maximum atomic E-state index is 12.5. The normalized spacial score (nSPS) is 13.9. The molecule has 3 rings (SSSR count). The smallest absolute Gasteiger partial charge is 0.340 e. The first-order valence-corrected chi connectivity index (χ1v) is 8.78. The van der Waals surface area contributed by atoms with Crippen LogP contribution < -0.4 is 16.0 Å². The molecule has 1 heterocycles. The Hall–Kier alpha value is -2.90. The molecule has 0 atom stereocenters. The number of esters is 1. The summed E-state index contributed by atoms with van der Waals surface area (Å²) in [6.45, 7) is 3.20. The van der Waals surface area contributed by atoms with Crippen molar-refractivity contribution in [1.82, 2.24) is 0 Å². The number of benzene rings is 2. The van der Waals surface area contributed by atoms with Gasteiger partial charge in [0.2, 0.25) is 0 Å². The summed E-state index contributed by atoms with van der Waals surface area (Å²) < 4.78 is 10.3. The van der Waals surface area contributed by atoms with Crippen LogP contribution in [0.4, 0.5) is 11.4 Å². The number of hydrogen-bond donors (Lipinski definition) is 2. The molecule has 0 aromatic heterocycles. The lowest BCUT2D eigenvalue weighted by atomic mass is 10.1. The van der Waals surface area contributed by atoms with Gasteiger partial charge in [0.25, 0.3) is 5.91 Å². The van der Waals surface area contributed by atoms with Gasteiger partial charge in [0.05, 0.1) is 31.6 Å². The van der Waals surface area contributed by atoms with E-state index in [0.29, 0.717) is 36.6 Å². The first-order chi connectivity index (χ1) is 13.1. The first-order valence-electron chi connectivity index (χ1n) is 8.78. The van der Waals surface area contributed by atoms with Gasteiger partial charge in [-0.05, 0) is 35.9 Å². The molecule has 1 aliphatic heterocycles. The summed E-state index contributed by atoms with van der Waals surface area (Å²) in [4.78, 5) is 26.9. The number of rotatable bonds is 5. The lowest BCUT2D eigenvalue weighted by molar-refractivity contribution is 0.0602. The summed E-state index contributed by atoms with van der Waals surface area (Å²) >= 11 is 0. The average Bonchev–Trinajstić information content (AvgIpc) is 2.74. The zero-order valence-electron chi connectivity index (χ0n) is 15.2. The van der Waals surface area contributed by atoms with Gasteiger partial charge in [-0.2, -0.15) is 0 Å². The lowest BCUT2D eigenvalue weighted by Crippen LogP contribution is -2.36. The van der Waals surface area contributed by atoms with E-state index < -0.39 is 5.97 Å². The number of morpholine rings is 1. The maximum Gasteiger partial charge on any atom is 0.340 e. The Morgan fingerprint density at radius 2 is 1.85 bits per heavy atom. The topological polar surface area (TPSA) is 93.9 Å². The predicted octanol–water partition coefficient (Wildman–Crippen LogP) is 2.02. The Kier molecular flexibility index (Phi) is 6.05. The number of nitrogens with two attached hydrogens (primary N) is 1. The number of ether oxygens (including phenoxy) is 2. The van der Waals surface area contributed by atoms with E-state index in [2.05, 4.69) is 10.2 Å². The summed E-state index contributed by atoms with van der Waals surface area (Å²) in [6, 6.07) is 12.4. The van der Waals surface area contributed by atoms with Gasteiger partial charge in [0.15, 0.2) is 0 Å². The van der Waals surface area contributed by atoms with Crippen LogP contribution in [0.5, 0.6) is 0 Å². The molecule has 0 bridgehead atoms. The molecule has 0 radical (unpaired) electrons. The van der Waals surface area contributed by atoms with E-state index in [1.165, 1.54) is 7.11 Å². The van der Waals surface area contributed by atoms with Crippen LogP contribution in [-0.4, -0.2) is 45.3 Å². The number of nitrogens with one attached hydrogen (secondary N) is 1. The second-order valence-electron chi connectivity index (χ2n) is 6.18. The van der Waals surface area contributed by atoms with E-state index >= 15 is 0 Å². The van der Waals surface area contributed by atoms with Crippen molar-refractivity contribution >= 4 is 23.3 Å². The molecule has 3 N–H and O–H groups in total. The van der Waals surface area contributed by atoms with E-state index in [4.69, 9.17) is 15.2 Å². The number of methoxy groups -OCH3 is 1. The van der Waals surface area contributed by atoms with Crippen LogP contribution in [0, 0.1) is 0 Å². The maximum absolute atomic E-state index is 12.5. The van der Waals surface area contributed by atoms with Gasteiger partial charge in [-0.1, -0.05) is 12.1 Å². The average molecular weight is 369 g/mol. The van der Waals surface area contributed by atoms with Gasteiger partial charge in [-0.3, -0.25) is 4.79 Å². The van der Waals surface area contributed by atoms with Crippen LogP contribution in [0.2, 0.25) is 0 Å². The Balaban J connectivity index is 1.84. The van der Waals surface area contributed by atoms with Crippen LogP contribution in [0.25, 0.3) is 0 Å². The minimum atomic E-state index is -0.501. The fourth-order valence-electron chi connectivity index (χ4n) is 2.93. The van der Waals surface area contributed by atoms with E-state index in [0.717, 1.165) is 24.3 Å². The van der Waals surface area contributed by atoms with Gasteiger partial charge < -0.3 is 25.4 Å². The Bertz CT molecular complexity index is 814. The number of anilines is 2. The summed E-state index contributed by atoms with van der Waals surface area (Å²) in [5.41, 5.74) is 8.62. The molecule has 1 fully saturated rings. The van der Waals surface area contributed by atoms with E-state index in [9.17, 15) is 9.59 Å². The molecule has 0 saturated carbocycles. The highest BCUT2D eigenvalue weighted by Gasteiger charge is 2.19. The highest BCUT2D eigenvalue weighted by atomic mass is 16.5. The fraction of sp³-hybridized carbons (Fsp3) is 0.300. The van der Waals surface area contributed by atoms with Crippen molar-refractivity contribution < 1.29 is 19.1 Å².